The molecule has 25 heavy (non-hydrogen) atoms. The first-order chi connectivity index (χ1) is 12.0. The molecule has 0 fully saturated rings. The Balaban J connectivity index is 2.01. The molecule has 0 saturated heterocycles. The predicted octanol–water partition coefficient (Wildman–Crippen LogP) is 3.24. The third kappa shape index (κ3) is 3.47. The van der Waals surface area contributed by atoms with E-state index < -0.39 is 23.7 Å². The highest BCUT2D eigenvalue weighted by Crippen LogP contribution is 2.21. The van der Waals surface area contributed by atoms with Gasteiger partial charge in [0.05, 0.1) is 11.1 Å². The van der Waals surface area contributed by atoms with Crippen molar-refractivity contribution in [2.45, 2.75) is 13.0 Å². The standard InChI is InChI=1S/C19H15FN2O3/c1-11-9-15(14-10-13(20)7-8-16(14)21-11)18(23)22-17(19(24)25)12-5-3-2-4-6-12/h2-10,17H,1H3,(H,22,23)(H,24,25). The number of fused-ring (bicyclic) bond motifs is 1. The van der Waals surface area contributed by atoms with Crippen molar-refractivity contribution in [3.63, 3.8) is 0 Å². The maximum Gasteiger partial charge on any atom is 0.330 e. The predicted molar refractivity (Wildman–Crippen MR) is 90.7 cm³/mol. The molecule has 3 aromatic rings. The van der Waals surface area contributed by atoms with Gasteiger partial charge in [-0.05, 0) is 36.8 Å². The molecule has 0 spiro atoms. The smallest absolute Gasteiger partial charge is 0.330 e. The molecule has 0 saturated carbocycles. The second-order valence-electron chi connectivity index (χ2n) is 5.63. The van der Waals surface area contributed by atoms with Crippen LogP contribution in [0.5, 0.6) is 0 Å². The van der Waals surface area contributed by atoms with E-state index in [-0.39, 0.29) is 5.56 Å². The lowest BCUT2D eigenvalue weighted by Gasteiger charge is -2.16. The van der Waals surface area contributed by atoms with Gasteiger partial charge in [-0.25, -0.2) is 9.18 Å². The molecule has 1 aromatic heterocycles. The lowest BCUT2D eigenvalue weighted by atomic mass is 10.0. The topological polar surface area (TPSA) is 79.3 Å². The second-order valence-corrected chi connectivity index (χ2v) is 5.63. The minimum atomic E-state index is -1.20. The molecule has 0 aliphatic rings. The van der Waals surface area contributed by atoms with Gasteiger partial charge in [0.2, 0.25) is 0 Å². The lowest BCUT2D eigenvalue weighted by molar-refractivity contribution is -0.139. The summed E-state index contributed by atoms with van der Waals surface area (Å²) in [4.78, 5) is 28.5. The van der Waals surface area contributed by atoms with Gasteiger partial charge in [-0.1, -0.05) is 30.3 Å². The Bertz CT molecular complexity index is 958. The fourth-order valence-electron chi connectivity index (χ4n) is 2.66. The summed E-state index contributed by atoms with van der Waals surface area (Å²) in [5.74, 6) is -2.27. The zero-order valence-corrected chi connectivity index (χ0v) is 13.4. The zero-order valence-electron chi connectivity index (χ0n) is 13.4. The number of halogens is 1. The summed E-state index contributed by atoms with van der Waals surface area (Å²) in [7, 11) is 0. The minimum absolute atomic E-state index is 0.184. The number of hydrogen-bond donors (Lipinski definition) is 2. The number of nitrogens with zero attached hydrogens (tertiary/aromatic N) is 1. The maximum absolute atomic E-state index is 13.6. The summed E-state index contributed by atoms with van der Waals surface area (Å²) < 4.78 is 13.6. The van der Waals surface area contributed by atoms with E-state index in [9.17, 15) is 19.1 Å². The highest BCUT2D eigenvalue weighted by molar-refractivity contribution is 6.07. The molecule has 0 bridgehead atoms. The van der Waals surface area contributed by atoms with Crippen LogP contribution in [-0.2, 0) is 4.79 Å². The Hall–Kier alpha value is -3.28. The van der Waals surface area contributed by atoms with Crippen molar-refractivity contribution in [3.05, 3.63) is 77.2 Å². The quantitative estimate of drug-likeness (QED) is 0.765. The average molecular weight is 338 g/mol. The van der Waals surface area contributed by atoms with Gasteiger partial charge in [-0.2, -0.15) is 0 Å². The van der Waals surface area contributed by atoms with Crippen LogP contribution in [-0.4, -0.2) is 22.0 Å². The van der Waals surface area contributed by atoms with E-state index in [1.807, 2.05) is 0 Å². The van der Waals surface area contributed by atoms with Crippen molar-refractivity contribution in [2.24, 2.45) is 0 Å². The number of carboxylic acid groups (broad SMARTS) is 1. The first-order valence-corrected chi connectivity index (χ1v) is 7.61. The van der Waals surface area contributed by atoms with Crippen LogP contribution >= 0.6 is 0 Å². The van der Waals surface area contributed by atoms with Crippen LogP contribution in [0.1, 0.15) is 27.7 Å². The van der Waals surface area contributed by atoms with E-state index in [2.05, 4.69) is 10.3 Å². The molecule has 2 N–H and O–H groups in total. The summed E-state index contributed by atoms with van der Waals surface area (Å²) in [6.07, 6.45) is 0. The molecule has 0 radical (unpaired) electrons. The Morgan fingerprint density at radius 2 is 1.84 bits per heavy atom. The van der Waals surface area contributed by atoms with Crippen LogP contribution in [0.4, 0.5) is 4.39 Å². The Morgan fingerprint density at radius 1 is 1.12 bits per heavy atom. The van der Waals surface area contributed by atoms with Gasteiger partial charge in [0.1, 0.15) is 5.82 Å². The molecular formula is C19H15FN2O3. The molecule has 1 amide bonds. The van der Waals surface area contributed by atoms with Crippen LogP contribution in [0, 0.1) is 12.7 Å². The number of nitrogens with one attached hydrogen (secondary N) is 1. The van der Waals surface area contributed by atoms with E-state index in [0.29, 0.717) is 22.2 Å². The van der Waals surface area contributed by atoms with Gasteiger partial charge in [0.15, 0.2) is 6.04 Å². The van der Waals surface area contributed by atoms with Crippen LogP contribution < -0.4 is 5.32 Å². The van der Waals surface area contributed by atoms with Crippen LogP contribution in [0.2, 0.25) is 0 Å². The van der Waals surface area contributed by atoms with E-state index >= 15 is 0 Å². The molecule has 6 heteroatoms. The Labute approximate surface area is 143 Å². The minimum Gasteiger partial charge on any atom is -0.479 e. The van der Waals surface area contributed by atoms with Gasteiger partial charge in [-0.15, -0.1) is 0 Å². The third-order valence-corrected chi connectivity index (χ3v) is 3.80. The SMILES string of the molecule is Cc1cc(C(=O)NC(C(=O)O)c2ccccc2)c2cc(F)ccc2n1. The average Bonchev–Trinajstić information content (AvgIpc) is 2.59. The number of aryl methyl sites for hydroxylation is 1. The van der Waals surface area contributed by atoms with Gasteiger partial charge in [-0.3, -0.25) is 9.78 Å². The van der Waals surface area contributed by atoms with E-state index in [4.69, 9.17) is 0 Å². The van der Waals surface area contributed by atoms with E-state index in [0.717, 1.165) is 0 Å². The van der Waals surface area contributed by atoms with Crippen LogP contribution in [0.25, 0.3) is 10.9 Å². The lowest BCUT2D eigenvalue weighted by Crippen LogP contribution is -2.34. The van der Waals surface area contributed by atoms with Gasteiger partial charge >= 0.3 is 5.97 Å². The molecule has 126 valence electrons. The molecule has 1 heterocycles. The monoisotopic (exact) mass is 338 g/mol. The van der Waals surface area contributed by atoms with E-state index in [1.165, 1.54) is 24.3 Å². The van der Waals surface area contributed by atoms with Crippen molar-refractivity contribution in [3.8, 4) is 0 Å². The van der Waals surface area contributed by atoms with E-state index in [1.54, 1.807) is 37.3 Å². The Kier molecular flexibility index (Phi) is 4.43. The maximum atomic E-state index is 13.6. The normalized spacial score (nSPS) is 11.9. The van der Waals surface area contributed by atoms with Gasteiger partial charge in [0, 0.05) is 11.1 Å². The third-order valence-electron chi connectivity index (χ3n) is 3.80. The van der Waals surface area contributed by atoms with Gasteiger partial charge < -0.3 is 10.4 Å². The number of aromatic nitrogens is 1. The second kappa shape index (κ2) is 6.68. The zero-order chi connectivity index (χ0) is 18.0. The highest BCUT2D eigenvalue weighted by atomic mass is 19.1. The first-order valence-electron chi connectivity index (χ1n) is 7.61. The number of carbonyl (C=O) groups excluding carboxylic acids is 1. The number of benzene rings is 2. The number of rotatable bonds is 4. The first kappa shape index (κ1) is 16.6. The van der Waals surface area contributed by atoms with Crippen LogP contribution in [0.3, 0.4) is 0 Å². The highest BCUT2D eigenvalue weighted by Gasteiger charge is 2.23. The Morgan fingerprint density at radius 3 is 2.52 bits per heavy atom. The number of amides is 1. The molecule has 0 aliphatic heterocycles. The number of carbonyl (C=O) groups is 2. The molecule has 0 aliphatic carbocycles. The summed E-state index contributed by atoms with van der Waals surface area (Å²) in [5.41, 5.74) is 1.68. The number of carboxylic acids is 1. The van der Waals surface area contributed by atoms with Gasteiger partial charge in [0.25, 0.3) is 5.91 Å². The number of pyridine rings is 1. The summed E-state index contributed by atoms with van der Waals surface area (Å²) >= 11 is 0. The largest absolute Gasteiger partial charge is 0.479 e. The van der Waals surface area contributed by atoms with Crippen molar-refractivity contribution in [2.75, 3.05) is 0 Å². The number of hydrogen-bond acceptors (Lipinski definition) is 3. The van der Waals surface area contributed by atoms with Crippen molar-refractivity contribution < 1.29 is 19.1 Å². The molecule has 3 rings (SSSR count). The van der Waals surface area contributed by atoms with Crippen molar-refractivity contribution >= 4 is 22.8 Å². The summed E-state index contributed by atoms with van der Waals surface area (Å²) in [5, 5.41) is 12.3. The molecule has 2 aromatic carbocycles. The van der Waals surface area contributed by atoms with Crippen LogP contribution in [0.15, 0.2) is 54.6 Å². The van der Waals surface area contributed by atoms with Crippen molar-refractivity contribution in [1.82, 2.24) is 10.3 Å². The fourth-order valence-corrected chi connectivity index (χ4v) is 2.66. The molecule has 5 nitrogen and oxygen atoms in total. The fraction of sp³-hybridized carbons (Fsp3) is 0.105. The molecule has 1 unspecified atom stereocenters. The van der Waals surface area contributed by atoms with Crippen molar-refractivity contribution in [1.29, 1.82) is 0 Å². The number of aliphatic carboxylic acids is 1. The molecule has 1 atom stereocenters. The molecular weight excluding hydrogens is 323 g/mol. The summed E-state index contributed by atoms with van der Waals surface area (Å²) in [6, 6.07) is 12.7. The summed E-state index contributed by atoms with van der Waals surface area (Å²) in [6.45, 7) is 1.71.